The number of aromatic hydroxyl groups is 1. The minimum absolute atomic E-state index is 0.0646. The molecule has 0 heterocycles. The maximum Gasteiger partial charge on any atom is 0.135 e. The summed E-state index contributed by atoms with van der Waals surface area (Å²) in [5, 5.41) is 19.4. The lowest BCUT2D eigenvalue weighted by molar-refractivity contribution is 0.150. The first-order chi connectivity index (χ1) is 6.45. The number of hydrogen-bond donors (Lipinski definition) is 3. The molecule has 2 unspecified atom stereocenters. The Morgan fingerprint density at radius 1 is 1.43 bits per heavy atom. The molecule has 0 radical (unpaired) electrons. The van der Waals surface area contributed by atoms with Gasteiger partial charge in [-0.05, 0) is 35.3 Å². The molecule has 14 heavy (non-hydrogen) atoms. The van der Waals surface area contributed by atoms with E-state index in [0.29, 0.717) is 10.0 Å². The van der Waals surface area contributed by atoms with Crippen LogP contribution in [0.4, 0.5) is 0 Å². The Balaban J connectivity index is 3.17. The molecule has 0 aliphatic carbocycles. The Bertz CT molecular complexity index is 339. The molecule has 0 aliphatic rings. The van der Waals surface area contributed by atoms with Crippen molar-refractivity contribution in [3.63, 3.8) is 0 Å². The number of phenols is 1. The van der Waals surface area contributed by atoms with Gasteiger partial charge in [-0.2, -0.15) is 0 Å². The summed E-state index contributed by atoms with van der Waals surface area (Å²) in [6.45, 7) is 3.56. The first kappa shape index (κ1) is 11.5. The maximum atomic E-state index is 9.74. The Hall–Kier alpha value is -0.580. The Kier molecular flexibility index (Phi) is 3.53. The second kappa shape index (κ2) is 4.29. The number of aliphatic hydroxyl groups is 1. The van der Waals surface area contributed by atoms with Gasteiger partial charge in [-0.3, -0.25) is 0 Å². The lowest BCUT2D eigenvalue weighted by atomic mass is 10.0. The van der Waals surface area contributed by atoms with Crippen molar-refractivity contribution in [1.82, 2.24) is 0 Å². The fourth-order valence-electron chi connectivity index (χ4n) is 1.20. The average molecular weight is 260 g/mol. The predicted octanol–water partition coefficient (Wildman–Crippen LogP) is 1.84. The minimum Gasteiger partial charge on any atom is -0.506 e. The summed E-state index contributed by atoms with van der Waals surface area (Å²) in [6, 6.07) is 3.10. The van der Waals surface area contributed by atoms with Crippen molar-refractivity contribution < 1.29 is 10.2 Å². The lowest BCUT2D eigenvalue weighted by Gasteiger charge is -2.17. The number of halogens is 1. The molecule has 4 N–H and O–H groups in total. The van der Waals surface area contributed by atoms with Crippen LogP contribution in [0.15, 0.2) is 16.6 Å². The van der Waals surface area contributed by atoms with E-state index in [2.05, 4.69) is 15.9 Å². The monoisotopic (exact) mass is 259 g/mol. The van der Waals surface area contributed by atoms with Gasteiger partial charge in [0.15, 0.2) is 0 Å². The first-order valence-corrected chi connectivity index (χ1v) is 5.16. The molecule has 0 fully saturated rings. The number of aryl methyl sites for hydroxylation is 1. The molecule has 0 bridgehead atoms. The molecular formula is C10H14BrNO2. The van der Waals surface area contributed by atoms with E-state index in [1.54, 1.807) is 13.0 Å². The second-order valence-electron chi connectivity index (χ2n) is 3.44. The van der Waals surface area contributed by atoms with Crippen LogP contribution in [-0.4, -0.2) is 16.3 Å². The van der Waals surface area contributed by atoms with E-state index in [9.17, 15) is 10.2 Å². The molecule has 0 aliphatic heterocycles. The van der Waals surface area contributed by atoms with Crippen LogP contribution in [0, 0.1) is 6.92 Å². The van der Waals surface area contributed by atoms with Gasteiger partial charge in [0.25, 0.3) is 0 Å². The van der Waals surface area contributed by atoms with Crippen molar-refractivity contribution in [1.29, 1.82) is 0 Å². The molecular weight excluding hydrogens is 246 g/mol. The number of nitrogens with two attached hydrogens (primary N) is 1. The topological polar surface area (TPSA) is 66.5 Å². The van der Waals surface area contributed by atoms with E-state index in [0.717, 1.165) is 5.56 Å². The summed E-state index contributed by atoms with van der Waals surface area (Å²) in [7, 11) is 0. The van der Waals surface area contributed by atoms with Gasteiger partial charge >= 0.3 is 0 Å². The van der Waals surface area contributed by atoms with Gasteiger partial charge in [-0.1, -0.05) is 12.1 Å². The van der Waals surface area contributed by atoms with Gasteiger partial charge in [-0.25, -0.2) is 0 Å². The number of rotatable bonds is 2. The third kappa shape index (κ3) is 2.08. The molecule has 0 saturated heterocycles. The number of benzene rings is 1. The Morgan fingerprint density at radius 2 is 2.00 bits per heavy atom. The van der Waals surface area contributed by atoms with E-state index >= 15 is 0 Å². The quantitative estimate of drug-likeness (QED) is 0.760. The fourth-order valence-corrected chi connectivity index (χ4v) is 1.56. The molecule has 2 atom stereocenters. The summed E-state index contributed by atoms with van der Waals surface area (Å²) in [4.78, 5) is 0. The SMILES string of the molecule is Cc1ccc(C(O)C(C)N)c(O)c1Br. The average Bonchev–Trinajstić information content (AvgIpc) is 2.13. The molecule has 0 aromatic heterocycles. The largest absolute Gasteiger partial charge is 0.506 e. The minimum atomic E-state index is -0.841. The van der Waals surface area contributed by atoms with Crippen LogP contribution in [0.1, 0.15) is 24.2 Å². The second-order valence-corrected chi connectivity index (χ2v) is 4.23. The third-order valence-electron chi connectivity index (χ3n) is 2.16. The van der Waals surface area contributed by atoms with Crippen LogP contribution in [0.5, 0.6) is 5.75 Å². The smallest absolute Gasteiger partial charge is 0.135 e. The van der Waals surface area contributed by atoms with Crippen LogP contribution in [0.2, 0.25) is 0 Å². The van der Waals surface area contributed by atoms with E-state index < -0.39 is 12.1 Å². The lowest BCUT2D eigenvalue weighted by Crippen LogP contribution is -2.24. The highest BCUT2D eigenvalue weighted by atomic mass is 79.9. The molecule has 0 amide bonds. The normalized spacial score (nSPS) is 15.2. The van der Waals surface area contributed by atoms with Crippen molar-refractivity contribution in [3.05, 3.63) is 27.7 Å². The number of hydrogen-bond acceptors (Lipinski definition) is 3. The number of aliphatic hydroxyl groups excluding tert-OH is 1. The first-order valence-electron chi connectivity index (χ1n) is 4.36. The van der Waals surface area contributed by atoms with Gasteiger partial charge in [-0.15, -0.1) is 0 Å². The maximum absolute atomic E-state index is 9.74. The van der Waals surface area contributed by atoms with E-state index in [1.807, 2.05) is 13.0 Å². The predicted molar refractivity (Wildman–Crippen MR) is 59.2 cm³/mol. The van der Waals surface area contributed by atoms with Crippen LogP contribution >= 0.6 is 15.9 Å². The zero-order valence-electron chi connectivity index (χ0n) is 8.16. The van der Waals surface area contributed by atoms with E-state index in [4.69, 9.17) is 5.73 Å². The van der Waals surface area contributed by atoms with Crippen LogP contribution < -0.4 is 5.73 Å². The molecule has 0 saturated carbocycles. The third-order valence-corrected chi connectivity index (χ3v) is 3.16. The molecule has 1 aromatic carbocycles. The molecule has 1 aromatic rings. The fraction of sp³-hybridized carbons (Fsp3) is 0.400. The zero-order chi connectivity index (χ0) is 10.9. The van der Waals surface area contributed by atoms with Crippen molar-refractivity contribution in [2.75, 3.05) is 0 Å². The van der Waals surface area contributed by atoms with Crippen LogP contribution in [0.25, 0.3) is 0 Å². The summed E-state index contributed by atoms with van der Waals surface area (Å²) in [5.74, 6) is 0.0646. The van der Waals surface area contributed by atoms with Gasteiger partial charge in [0, 0.05) is 11.6 Å². The highest BCUT2D eigenvalue weighted by Crippen LogP contribution is 2.35. The van der Waals surface area contributed by atoms with Crippen molar-refractivity contribution in [3.8, 4) is 5.75 Å². The molecule has 4 heteroatoms. The highest BCUT2D eigenvalue weighted by Gasteiger charge is 2.18. The highest BCUT2D eigenvalue weighted by molar-refractivity contribution is 9.10. The van der Waals surface area contributed by atoms with Crippen LogP contribution in [-0.2, 0) is 0 Å². The van der Waals surface area contributed by atoms with Gasteiger partial charge < -0.3 is 15.9 Å². The summed E-state index contributed by atoms with van der Waals surface area (Å²) in [5.41, 5.74) is 6.92. The molecule has 1 rings (SSSR count). The zero-order valence-corrected chi connectivity index (χ0v) is 9.75. The summed E-state index contributed by atoms with van der Waals surface area (Å²) in [6.07, 6.45) is -0.841. The number of phenolic OH excluding ortho intramolecular Hbond substituents is 1. The molecule has 0 spiro atoms. The molecule has 3 nitrogen and oxygen atoms in total. The van der Waals surface area contributed by atoms with Gasteiger partial charge in [0.2, 0.25) is 0 Å². The van der Waals surface area contributed by atoms with Crippen molar-refractivity contribution in [2.24, 2.45) is 5.73 Å². The van der Waals surface area contributed by atoms with Gasteiger partial charge in [0.05, 0.1) is 10.6 Å². The molecule has 78 valence electrons. The standard InChI is InChI=1S/C10H14BrNO2/c1-5-3-4-7(9(13)6(2)12)10(14)8(5)11/h3-4,6,9,13-14H,12H2,1-2H3. The van der Waals surface area contributed by atoms with Gasteiger partial charge in [0.1, 0.15) is 5.75 Å². The summed E-state index contributed by atoms with van der Waals surface area (Å²) < 4.78 is 0.606. The van der Waals surface area contributed by atoms with Crippen molar-refractivity contribution >= 4 is 15.9 Å². The van der Waals surface area contributed by atoms with Crippen LogP contribution in [0.3, 0.4) is 0 Å². The Morgan fingerprint density at radius 3 is 2.50 bits per heavy atom. The van der Waals surface area contributed by atoms with Crippen molar-refractivity contribution in [2.45, 2.75) is 26.0 Å². The van der Waals surface area contributed by atoms with E-state index in [1.165, 1.54) is 0 Å². The Labute approximate surface area is 91.7 Å². The summed E-state index contributed by atoms with van der Waals surface area (Å²) >= 11 is 3.25. The van der Waals surface area contributed by atoms with E-state index in [-0.39, 0.29) is 5.75 Å².